The highest BCUT2D eigenvalue weighted by atomic mass is 31.0. The van der Waals surface area contributed by atoms with Crippen LogP contribution < -0.4 is 5.32 Å². The maximum atomic E-state index is 10.8. The maximum Gasteiger partial charge on any atom is 0.317 e. The van der Waals surface area contributed by atoms with Gasteiger partial charge in [-0.25, -0.2) is 4.79 Å². The standard InChI is InChI=1S/C6H13N2OP/c1-8(2)6(9)7-4-5-10-3/h10H,4H2,1-3H3,(H,7,9). The minimum atomic E-state index is -0.0641. The van der Waals surface area contributed by atoms with Crippen LogP contribution in [-0.2, 0) is 0 Å². The van der Waals surface area contributed by atoms with Gasteiger partial charge in [-0.3, -0.25) is 0 Å². The Kier molecular flexibility index (Phi) is 4.82. The predicted octanol–water partition coefficient (Wildman–Crippen LogP) is 0.525. The minimum absolute atomic E-state index is 0.0641. The van der Waals surface area contributed by atoms with Gasteiger partial charge in [0, 0.05) is 14.1 Å². The summed E-state index contributed by atoms with van der Waals surface area (Å²) in [6.45, 7) is 2.56. The van der Waals surface area contributed by atoms with Gasteiger partial charge in [-0.15, -0.1) is 13.7 Å². The fourth-order valence-electron chi connectivity index (χ4n) is 0.366. The third kappa shape index (κ3) is 4.25. The van der Waals surface area contributed by atoms with E-state index in [4.69, 9.17) is 0 Å². The van der Waals surface area contributed by atoms with Gasteiger partial charge in [-0.2, -0.15) is 0 Å². The number of hydrogen-bond donors (Lipinski definition) is 1. The first-order valence-corrected chi connectivity index (χ1v) is 4.53. The Morgan fingerprint density at radius 1 is 1.70 bits per heavy atom. The van der Waals surface area contributed by atoms with Gasteiger partial charge in [0.05, 0.1) is 6.54 Å². The van der Waals surface area contributed by atoms with Crippen molar-refractivity contribution in [3.8, 4) is 5.63 Å². The van der Waals surface area contributed by atoms with Crippen LogP contribution in [0.4, 0.5) is 4.79 Å². The monoisotopic (exact) mass is 160 g/mol. The van der Waals surface area contributed by atoms with E-state index in [1.54, 1.807) is 14.1 Å². The first-order chi connectivity index (χ1) is 4.68. The molecule has 0 saturated heterocycles. The molecule has 1 atom stereocenters. The summed E-state index contributed by atoms with van der Waals surface area (Å²) in [7, 11) is 4.09. The van der Waals surface area contributed by atoms with E-state index >= 15 is 0 Å². The molecule has 0 aromatic carbocycles. The predicted molar refractivity (Wildman–Crippen MR) is 45.2 cm³/mol. The lowest BCUT2D eigenvalue weighted by Gasteiger charge is -2.09. The molecule has 0 aliphatic heterocycles. The highest BCUT2D eigenvalue weighted by Crippen LogP contribution is 1.78. The zero-order chi connectivity index (χ0) is 7.98. The van der Waals surface area contributed by atoms with Crippen molar-refractivity contribution < 1.29 is 4.79 Å². The number of amides is 2. The molecular formula is C6H13N2OP. The molecule has 4 heteroatoms. The Morgan fingerprint density at radius 3 is 2.70 bits per heavy atom. The molecule has 0 aromatic rings. The van der Waals surface area contributed by atoms with Crippen LogP contribution in [0.15, 0.2) is 0 Å². The molecule has 0 fully saturated rings. The van der Waals surface area contributed by atoms with E-state index in [0.29, 0.717) is 14.6 Å². The summed E-state index contributed by atoms with van der Waals surface area (Å²) in [5, 5.41) is 2.67. The number of nitrogens with one attached hydrogen (secondary N) is 1. The Labute approximate surface area is 62.9 Å². The van der Waals surface area contributed by atoms with Gasteiger partial charge in [0.2, 0.25) is 0 Å². The third-order valence-corrected chi connectivity index (χ3v) is 1.44. The Hall–Kier alpha value is -0.650. The minimum Gasteiger partial charge on any atom is -0.331 e. The van der Waals surface area contributed by atoms with Gasteiger partial charge in [0.1, 0.15) is 0 Å². The smallest absolute Gasteiger partial charge is 0.317 e. The molecular weight excluding hydrogens is 147 g/mol. The maximum absolute atomic E-state index is 10.8. The molecule has 3 nitrogen and oxygen atoms in total. The Morgan fingerprint density at radius 2 is 2.30 bits per heavy atom. The van der Waals surface area contributed by atoms with Crippen molar-refractivity contribution in [1.29, 1.82) is 0 Å². The summed E-state index contributed by atoms with van der Waals surface area (Å²) in [5.74, 6) is 0. The van der Waals surface area contributed by atoms with Crippen molar-refractivity contribution in [2.75, 3.05) is 27.3 Å². The van der Waals surface area contributed by atoms with Crippen LogP contribution >= 0.6 is 8.04 Å². The van der Waals surface area contributed by atoms with Crippen LogP contribution in [0, 0.1) is 5.63 Å². The van der Waals surface area contributed by atoms with E-state index < -0.39 is 0 Å². The highest BCUT2D eigenvalue weighted by Gasteiger charge is 1.97. The summed E-state index contributed by atoms with van der Waals surface area (Å²) < 4.78 is 0. The molecule has 0 rings (SSSR count). The van der Waals surface area contributed by atoms with E-state index in [9.17, 15) is 4.79 Å². The highest BCUT2D eigenvalue weighted by molar-refractivity contribution is 7.25. The van der Waals surface area contributed by atoms with Crippen molar-refractivity contribution in [2.45, 2.75) is 0 Å². The van der Waals surface area contributed by atoms with Crippen molar-refractivity contribution in [3.63, 3.8) is 0 Å². The Balaban J connectivity index is 3.47. The fourth-order valence-corrected chi connectivity index (χ4v) is 0.631. The molecule has 0 heterocycles. The number of nitrogens with zero attached hydrogens (tertiary/aromatic N) is 1. The number of carbonyl (C=O) groups excluding carboxylic acids is 1. The average Bonchev–Trinajstić information content (AvgIpc) is 1.88. The van der Waals surface area contributed by atoms with Crippen LogP contribution in [0.3, 0.4) is 0 Å². The molecule has 1 unspecified atom stereocenters. The van der Waals surface area contributed by atoms with Gasteiger partial charge in [-0.1, -0.05) is 0 Å². The summed E-state index contributed by atoms with van der Waals surface area (Å²) in [5.41, 5.74) is 3.00. The second kappa shape index (κ2) is 5.16. The van der Waals surface area contributed by atoms with Crippen LogP contribution in [0.2, 0.25) is 0 Å². The lowest BCUT2D eigenvalue weighted by Crippen LogP contribution is -2.34. The summed E-state index contributed by atoms with van der Waals surface area (Å²) in [4.78, 5) is 12.3. The largest absolute Gasteiger partial charge is 0.331 e. The molecule has 58 valence electrons. The summed E-state index contributed by atoms with van der Waals surface area (Å²) in [6.07, 6.45) is 0. The number of carbonyl (C=O) groups is 1. The number of hydrogen-bond acceptors (Lipinski definition) is 1. The number of urea groups is 1. The normalized spacial score (nSPS) is 8.70. The van der Waals surface area contributed by atoms with Crippen LogP contribution in [0.25, 0.3) is 0 Å². The van der Waals surface area contributed by atoms with E-state index in [0.717, 1.165) is 0 Å². The molecule has 0 bridgehead atoms. The van der Waals surface area contributed by atoms with Crippen molar-refractivity contribution in [1.82, 2.24) is 10.2 Å². The van der Waals surface area contributed by atoms with E-state index in [1.807, 2.05) is 6.66 Å². The first-order valence-electron chi connectivity index (χ1n) is 3.03. The van der Waals surface area contributed by atoms with Gasteiger partial charge in [0.15, 0.2) is 0 Å². The van der Waals surface area contributed by atoms with E-state index in [1.165, 1.54) is 4.90 Å². The summed E-state index contributed by atoms with van der Waals surface area (Å²) in [6, 6.07) is -0.0641. The zero-order valence-electron chi connectivity index (χ0n) is 6.56. The van der Waals surface area contributed by atoms with Crippen LogP contribution in [-0.4, -0.2) is 38.2 Å². The average molecular weight is 160 g/mol. The number of rotatable bonds is 1. The third-order valence-electron chi connectivity index (χ3n) is 0.911. The quantitative estimate of drug-likeness (QED) is 0.557. The second-order valence-electron chi connectivity index (χ2n) is 1.98. The topological polar surface area (TPSA) is 32.3 Å². The van der Waals surface area contributed by atoms with Gasteiger partial charge in [-0.05, 0) is 6.66 Å². The van der Waals surface area contributed by atoms with E-state index in [-0.39, 0.29) is 6.03 Å². The van der Waals surface area contributed by atoms with Gasteiger partial charge < -0.3 is 10.2 Å². The lowest BCUT2D eigenvalue weighted by molar-refractivity contribution is 0.219. The molecule has 1 N–H and O–H groups in total. The lowest BCUT2D eigenvalue weighted by atomic mass is 10.7. The van der Waals surface area contributed by atoms with Crippen molar-refractivity contribution in [3.05, 3.63) is 0 Å². The molecule has 2 amide bonds. The van der Waals surface area contributed by atoms with Gasteiger partial charge >= 0.3 is 6.03 Å². The molecule has 0 spiro atoms. The first kappa shape index (κ1) is 9.35. The molecule has 0 aromatic heterocycles. The van der Waals surface area contributed by atoms with Crippen molar-refractivity contribution in [2.24, 2.45) is 0 Å². The Bertz CT molecular complexity index is 168. The summed E-state index contributed by atoms with van der Waals surface area (Å²) >= 11 is 0. The van der Waals surface area contributed by atoms with Gasteiger partial charge in [0.25, 0.3) is 0 Å². The molecule has 0 radical (unpaired) electrons. The molecule has 0 aliphatic carbocycles. The van der Waals surface area contributed by atoms with E-state index in [2.05, 4.69) is 10.9 Å². The second-order valence-corrected chi connectivity index (χ2v) is 2.83. The van der Waals surface area contributed by atoms with Crippen LogP contribution in [0.1, 0.15) is 0 Å². The van der Waals surface area contributed by atoms with Crippen molar-refractivity contribution >= 4 is 14.1 Å². The molecule has 10 heavy (non-hydrogen) atoms. The molecule has 0 saturated carbocycles. The SMILES string of the molecule is C[PH]#CCNC(=O)N(C)C. The zero-order valence-corrected chi connectivity index (χ0v) is 7.56. The van der Waals surface area contributed by atoms with Crippen LogP contribution in [0.5, 0.6) is 0 Å². The molecule has 0 aliphatic rings. The fraction of sp³-hybridized carbons (Fsp3) is 0.667.